The lowest BCUT2D eigenvalue weighted by molar-refractivity contribution is -0.119. The second-order valence-corrected chi connectivity index (χ2v) is 6.82. The van der Waals surface area contributed by atoms with Gasteiger partial charge in [0.1, 0.15) is 6.04 Å². The van der Waals surface area contributed by atoms with Crippen LogP contribution >= 0.6 is 0 Å². The van der Waals surface area contributed by atoms with Crippen molar-refractivity contribution in [3.8, 4) is 0 Å². The topological polar surface area (TPSA) is 66.5 Å². The molecule has 0 aliphatic carbocycles. The minimum Gasteiger partial charge on any atom is -0.325 e. The van der Waals surface area contributed by atoms with Crippen LogP contribution in [0.4, 0.5) is 5.69 Å². The average Bonchev–Trinajstić information content (AvgIpc) is 2.81. The van der Waals surface area contributed by atoms with E-state index in [-0.39, 0.29) is 5.91 Å². The zero-order valence-corrected chi connectivity index (χ0v) is 11.9. The van der Waals surface area contributed by atoms with Crippen LogP contribution in [-0.2, 0) is 14.8 Å². The predicted molar refractivity (Wildman–Crippen MR) is 74.4 cm³/mol. The molecule has 0 aromatic heterocycles. The number of nitrogens with one attached hydrogen (secondary N) is 1. The molecule has 0 spiro atoms. The van der Waals surface area contributed by atoms with E-state index in [4.69, 9.17) is 0 Å². The van der Waals surface area contributed by atoms with Gasteiger partial charge in [-0.05, 0) is 31.9 Å². The third kappa shape index (κ3) is 3.33. The number of hydrogen-bond acceptors (Lipinski definition) is 3. The smallest absolute Gasteiger partial charge is 0.242 e. The molecule has 1 aromatic rings. The first kappa shape index (κ1) is 14.0. The molecule has 0 radical (unpaired) electrons. The van der Waals surface area contributed by atoms with Crippen molar-refractivity contribution in [3.05, 3.63) is 29.8 Å². The molecule has 19 heavy (non-hydrogen) atoms. The van der Waals surface area contributed by atoms with Gasteiger partial charge in [0.05, 0.1) is 6.26 Å². The van der Waals surface area contributed by atoms with Crippen molar-refractivity contribution >= 4 is 21.6 Å². The quantitative estimate of drug-likeness (QED) is 0.910. The van der Waals surface area contributed by atoms with Crippen molar-refractivity contribution in [1.82, 2.24) is 4.31 Å². The first-order valence-electron chi connectivity index (χ1n) is 6.22. The lowest BCUT2D eigenvalue weighted by Crippen LogP contribution is -2.42. The van der Waals surface area contributed by atoms with Crippen LogP contribution in [0.3, 0.4) is 0 Å². The van der Waals surface area contributed by atoms with Crippen molar-refractivity contribution in [3.63, 3.8) is 0 Å². The van der Waals surface area contributed by atoms with E-state index >= 15 is 0 Å². The summed E-state index contributed by atoms with van der Waals surface area (Å²) in [7, 11) is -3.32. The molecule has 1 unspecified atom stereocenters. The Bertz CT molecular complexity index is 566. The second kappa shape index (κ2) is 5.30. The Morgan fingerprint density at radius 3 is 2.53 bits per heavy atom. The van der Waals surface area contributed by atoms with Crippen LogP contribution in [0.5, 0.6) is 0 Å². The summed E-state index contributed by atoms with van der Waals surface area (Å²) in [5.41, 5.74) is 1.80. The van der Waals surface area contributed by atoms with Crippen molar-refractivity contribution < 1.29 is 13.2 Å². The fourth-order valence-electron chi connectivity index (χ4n) is 2.26. The monoisotopic (exact) mass is 282 g/mol. The van der Waals surface area contributed by atoms with Crippen molar-refractivity contribution in [2.45, 2.75) is 25.8 Å². The minimum atomic E-state index is -3.32. The molecule has 1 atom stereocenters. The van der Waals surface area contributed by atoms with Gasteiger partial charge in [-0.25, -0.2) is 8.42 Å². The van der Waals surface area contributed by atoms with Gasteiger partial charge in [-0.15, -0.1) is 0 Å². The molecule has 1 heterocycles. The summed E-state index contributed by atoms with van der Waals surface area (Å²) < 4.78 is 24.5. The summed E-state index contributed by atoms with van der Waals surface area (Å²) >= 11 is 0. The first-order chi connectivity index (χ1) is 8.88. The number of amides is 1. The number of carbonyl (C=O) groups is 1. The van der Waals surface area contributed by atoms with E-state index in [0.717, 1.165) is 18.2 Å². The third-order valence-electron chi connectivity index (χ3n) is 3.25. The van der Waals surface area contributed by atoms with E-state index < -0.39 is 16.1 Å². The molecule has 5 nitrogen and oxygen atoms in total. The normalized spacial score (nSPS) is 20.4. The standard InChI is InChI=1S/C13H18N2O3S/c1-10-5-7-11(8-6-10)14-13(16)12-4-3-9-15(12)19(2,17)18/h5-8,12H,3-4,9H2,1-2H3,(H,14,16). The molecule has 1 saturated heterocycles. The largest absolute Gasteiger partial charge is 0.325 e. The van der Waals surface area contributed by atoms with E-state index in [1.807, 2.05) is 31.2 Å². The molecular weight excluding hydrogens is 264 g/mol. The number of benzene rings is 1. The van der Waals surface area contributed by atoms with E-state index in [0.29, 0.717) is 18.7 Å². The number of aryl methyl sites for hydroxylation is 1. The van der Waals surface area contributed by atoms with Gasteiger partial charge in [-0.3, -0.25) is 4.79 Å². The number of sulfonamides is 1. The number of hydrogen-bond donors (Lipinski definition) is 1. The van der Waals surface area contributed by atoms with Crippen LogP contribution in [0, 0.1) is 6.92 Å². The molecule has 1 aliphatic heterocycles. The van der Waals surface area contributed by atoms with Crippen molar-refractivity contribution in [2.24, 2.45) is 0 Å². The Labute approximate surface area is 113 Å². The van der Waals surface area contributed by atoms with E-state index in [1.54, 1.807) is 0 Å². The maximum atomic E-state index is 12.1. The fraction of sp³-hybridized carbons (Fsp3) is 0.462. The lowest BCUT2D eigenvalue weighted by Gasteiger charge is -2.21. The Balaban J connectivity index is 2.09. The van der Waals surface area contributed by atoms with Gasteiger partial charge in [0.2, 0.25) is 15.9 Å². The highest BCUT2D eigenvalue weighted by atomic mass is 32.2. The first-order valence-corrected chi connectivity index (χ1v) is 8.07. The summed E-state index contributed by atoms with van der Waals surface area (Å²) in [4.78, 5) is 12.1. The highest BCUT2D eigenvalue weighted by molar-refractivity contribution is 7.88. The van der Waals surface area contributed by atoms with Crippen LogP contribution in [0.2, 0.25) is 0 Å². The average molecular weight is 282 g/mol. The summed E-state index contributed by atoms with van der Waals surface area (Å²) in [6.45, 7) is 2.39. The molecular formula is C13H18N2O3S. The number of rotatable bonds is 3. The summed E-state index contributed by atoms with van der Waals surface area (Å²) in [5.74, 6) is -0.258. The van der Waals surface area contributed by atoms with Gasteiger partial charge in [0, 0.05) is 12.2 Å². The summed E-state index contributed by atoms with van der Waals surface area (Å²) in [6.07, 6.45) is 2.44. The van der Waals surface area contributed by atoms with E-state index in [9.17, 15) is 13.2 Å². The van der Waals surface area contributed by atoms with Gasteiger partial charge >= 0.3 is 0 Å². The van der Waals surface area contributed by atoms with Gasteiger partial charge in [-0.1, -0.05) is 17.7 Å². The van der Waals surface area contributed by atoms with E-state index in [1.165, 1.54) is 4.31 Å². The Hall–Kier alpha value is -1.40. The van der Waals surface area contributed by atoms with Crippen LogP contribution in [0.1, 0.15) is 18.4 Å². The Morgan fingerprint density at radius 1 is 1.32 bits per heavy atom. The van der Waals surface area contributed by atoms with Crippen LogP contribution in [-0.4, -0.2) is 37.5 Å². The second-order valence-electron chi connectivity index (χ2n) is 4.89. The SMILES string of the molecule is Cc1ccc(NC(=O)C2CCCN2S(C)(=O)=O)cc1. The highest BCUT2D eigenvalue weighted by Gasteiger charge is 2.36. The Morgan fingerprint density at radius 2 is 1.95 bits per heavy atom. The van der Waals surface area contributed by atoms with Gasteiger partial charge in [0.15, 0.2) is 0 Å². The maximum Gasteiger partial charge on any atom is 0.242 e. The summed E-state index contributed by atoms with van der Waals surface area (Å²) in [6, 6.07) is 6.84. The van der Waals surface area contributed by atoms with Gasteiger partial charge < -0.3 is 5.32 Å². The zero-order chi connectivity index (χ0) is 14.0. The summed E-state index contributed by atoms with van der Waals surface area (Å²) in [5, 5.41) is 2.77. The molecule has 1 amide bonds. The van der Waals surface area contributed by atoms with Crippen LogP contribution in [0.25, 0.3) is 0 Å². The molecule has 1 aliphatic rings. The van der Waals surface area contributed by atoms with Crippen LogP contribution < -0.4 is 5.32 Å². The van der Waals surface area contributed by atoms with Gasteiger partial charge in [0.25, 0.3) is 0 Å². The zero-order valence-electron chi connectivity index (χ0n) is 11.1. The van der Waals surface area contributed by atoms with Crippen molar-refractivity contribution in [2.75, 3.05) is 18.1 Å². The number of carbonyl (C=O) groups excluding carboxylic acids is 1. The lowest BCUT2D eigenvalue weighted by atomic mass is 10.2. The molecule has 0 saturated carbocycles. The highest BCUT2D eigenvalue weighted by Crippen LogP contribution is 2.21. The Kier molecular flexibility index (Phi) is 3.91. The maximum absolute atomic E-state index is 12.1. The predicted octanol–water partition coefficient (Wildman–Crippen LogP) is 1.36. The number of nitrogens with zero attached hydrogens (tertiary/aromatic N) is 1. The van der Waals surface area contributed by atoms with Gasteiger partial charge in [-0.2, -0.15) is 4.31 Å². The molecule has 104 valence electrons. The molecule has 1 fully saturated rings. The van der Waals surface area contributed by atoms with Crippen molar-refractivity contribution in [1.29, 1.82) is 0 Å². The number of anilines is 1. The molecule has 2 rings (SSSR count). The molecule has 1 N–H and O–H groups in total. The minimum absolute atomic E-state index is 0.258. The third-order valence-corrected chi connectivity index (χ3v) is 4.54. The molecule has 6 heteroatoms. The molecule has 0 bridgehead atoms. The van der Waals surface area contributed by atoms with E-state index in [2.05, 4.69) is 5.32 Å². The molecule has 1 aromatic carbocycles. The fourth-order valence-corrected chi connectivity index (χ4v) is 3.39. The van der Waals surface area contributed by atoms with Crippen LogP contribution in [0.15, 0.2) is 24.3 Å².